The summed E-state index contributed by atoms with van der Waals surface area (Å²) in [6.45, 7) is -0.937. The molecule has 0 unspecified atom stereocenters. The second kappa shape index (κ2) is 2.53. The van der Waals surface area contributed by atoms with E-state index in [1.54, 1.807) is 0 Å². The van der Waals surface area contributed by atoms with Crippen LogP contribution in [0.25, 0.3) is 0 Å². The van der Waals surface area contributed by atoms with Gasteiger partial charge >= 0.3 is 5.97 Å². The minimum Gasteiger partial charge on any atom is -0.458 e. The minimum atomic E-state index is -2.02. The largest absolute Gasteiger partial charge is 0.458 e. The van der Waals surface area contributed by atoms with Crippen LogP contribution < -0.4 is 0 Å². The van der Waals surface area contributed by atoms with Crippen LogP contribution in [0.15, 0.2) is 0 Å². The van der Waals surface area contributed by atoms with Crippen LogP contribution in [0, 0.1) is 0 Å². The molecule has 0 atom stereocenters. The van der Waals surface area contributed by atoms with Crippen molar-refractivity contribution in [3.63, 3.8) is 0 Å². The number of rotatable bonds is 0. The second-order valence-corrected chi connectivity index (χ2v) is 2.14. The van der Waals surface area contributed by atoms with Crippen molar-refractivity contribution in [3.05, 3.63) is 0 Å². The molecule has 1 fully saturated rings. The molecule has 0 bridgehead atoms. The first kappa shape index (κ1) is 7.46. The summed E-state index contributed by atoms with van der Waals surface area (Å²) in [7, 11) is 0. The van der Waals surface area contributed by atoms with Gasteiger partial charge in [0.1, 0.15) is 19.8 Å². The number of aliphatic hydroxyl groups is 2. The molecule has 58 valence electrons. The van der Waals surface area contributed by atoms with Gasteiger partial charge in [0.25, 0.3) is 0 Å². The number of carbonyl (C=O) groups excluding carboxylic acids is 1. The van der Waals surface area contributed by atoms with E-state index >= 15 is 0 Å². The zero-order valence-electron chi connectivity index (χ0n) is 5.24. The first-order chi connectivity index (χ1) is 4.60. The molecule has 2 N–H and O–H groups in total. The third kappa shape index (κ3) is 1.94. The van der Waals surface area contributed by atoms with E-state index in [0.717, 1.165) is 0 Å². The van der Waals surface area contributed by atoms with E-state index in [0.29, 0.717) is 0 Å². The molecule has 10 heavy (non-hydrogen) atoms. The Morgan fingerprint density at radius 1 is 1.40 bits per heavy atom. The lowest BCUT2D eigenvalue weighted by Crippen LogP contribution is -2.37. The van der Waals surface area contributed by atoms with Crippen LogP contribution in [0.2, 0.25) is 0 Å². The standard InChI is InChI=1S/C5H8O5/c6-4-1-9-2-5(7,8)3-10-4/h7-8H,1-3H2. The summed E-state index contributed by atoms with van der Waals surface area (Å²) >= 11 is 0. The highest BCUT2D eigenvalue weighted by molar-refractivity contribution is 5.70. The number of ether oxygens (including phenoxy) is 2. The van der Waals surface area contributed by atoms with Gasteiger partial charge in [-0.05, 0) is 0 Å². The van der Waals surface area contributed by atoms with Gasteiger partial charge in [0.2, 0.25) is 5.79 Å². The van der Waals surface area contributed by atoms with Crippen molar-refractivity contribution in [2.24, 2.45) is 0 Å². The normalized spacial score (nSPS) is 25.2. The molecule has 1 heterocycles. The Kier molecular flexibility index (Phi) is 1.89. The summed E-state index contributed by atoms with van der Waals surface area (Å²) in [4.78, 5) is 10.4. The van der Waals surface area contributed by atoms with Gasteiger partial charge in [0.15, 0.2) is 0 Å². The summed E-state index contributed by atoms with van der Waals surface area (Å²) in [5, 5.41) is 17.7. The van der Waals surface area contributed by atoms with Crippen LogP contribution in [0.4, 0.5) is 0 Å². The molecule has 1 aliphatic rings. The quantitative estimate of drug-likeness (QED) is 0.314. The SMILES string of the molecule is O=C1COCC(O)(O)CO1. The zero-order valence-corrected chi connectivity index (χ0v) is 5.24. The van der Waals surface area contributed by atoms with Crippen LogP contribution in [0.3, 0.4) is 0 Å². The summed E-state index contributed by atoms with van der Waals surface area (Å²) in [5.74, 6) is -2.60. The maximum absolute atomic E-state index is 10.4. The van der Waals surface area contributed by atoms with E-state index in [-0.39, 0.29) is 13.2 Å². The van der Waals surface area contributed by atoms with Gasteiger partial charge in [0.05, 0.1) is 0 Å². The van der Waals surface area contributed by atoms with Gasteiger partial charge in [-0.15, -0.1) is 0 Å². The summed E-state index contributed by atoms with van der Waals surface area (Å²) in [6, 6.07) is 0. The molecular formula is C5H8O5. The Bertz CT molecular complexity index is 141. The van der Waals surface area contributed by atoms with Gasteiger partial charge in [-0.1, -0.05) is 0 Å². The Morgan fingerprint density at radius 3 is 2.80 bits per heavy atom. The summed E-state index contributed by atoms with van der Waals surface area (Å²) in [5.41, 5.74) is 0. The molecule has 1 aliphatic heterocycles. The van der Waals surface area contributed by atoms with Gasteiger partial charge in [-0.2, -0.15) is 0 Å². The third-order valence-electron chi connectivity index (χ3n) is 1.02. The number of carbonyl (C=O) groups is 1. The highest BCUT2D eigenvalue weighted by Gasteiger charge is 2.29. The monoisotopic (exact) mass is 148 g/mol. The molecule has 0 aromatic carbocycles. The second-order valence-electron chi connectivity index (χ2n) is 2.14. The fourth-order valence-corrected chi connectivity index (χ4v) is 0.577. The fraction of sp³-hybridized carbons (Fsp3) is 0.800. The molecule has 1 rings (SSSR count). The maximum atomic E-state index is 10.4. The average molecular weight is 148 g/mol. The van der Waals surface area contributed by atoms with E-state index < -0.39 is 18.4 Å². The molecule has 5 heteroatoms. The Balaban J connectivity index is 2.48. The van der Waals surface area contributed by atoms with Crippen molar-refractivity contribution in [2.75, 3.05) is 19.8 Å². The van der Waals surface area contributed by atoms with Crippen LogP contribution in [0.5, 0.6) is 0 Å². The first-order valence-electron chi connectivity index (χ1n) is 2.78. The van der Waals surface area contributed by atoms with E-state index in [1.807, 2.05) is 0 Å². The van der Waals surface area contributed by atoms with Crippen molar-refractivity contribution >= 4 is 5.97 Å². The Morgan fingerprint density at radius 2 is 2.10 bits per heavy atom. The van der Waals surface area contributed by atoms with Gasteiger partial charge < -0.3 is 19.7 Å². The van der Waals surface area contributed by atoms with E-state index in [2.05, 4.69) is 9.47 Å². The van der Waals surface area contributed by atoms with Crippen LogP contribution in [-0.4, -0.2) is 41.8 Å². The van der Waals surface area contributed by atoms with Crippen molar-refractivity contribution in [1.82, 2.24) is 0 Å². The lowest BCUT2D eigenvalue weighted by Gasteiger charge is -2.15. The molecular weight excluding hydrogens is 140 g/mol. The number of hydrogen-bond acceptors (Lipinski definition) is 5. The average Bonchev–Trinajstić information content (AvgIpc) is 1.94. The predicted molar refractivity (Wildman–Crippen MR) is 28.9 cm³/mol. The third-order valence-corrected chi connectivity index (χ3v) is 1.02. The van der Waals surface area contributed by atoms with Crippen molar-refractivity contribution in [1.29, 1.82) is 0 Å². The zero-order chi connectivity index (χ0) is 7.61. The number of cyclic esters (lactones) is 1. The Hall–Kier alpha value is -0.650. The van der Waals surface area contributed by atoms with Crippen molar-refractivity contribution < 1.29 is 24.5 Å². The number of hydrogen-bond donors (Lipinski definition) is 2. The highest BCUT2D eigenvalue weighted by atomic mass is 16.6. The molecule has 0 saturated carbocycles. The smallest absolute Gasteiger partial charge is 0.332 e. The van der Waals surface area contributed by atoms with E-state index in [4.69, 9.17) is 10.2 Å². The first-order valence-corrected chi connectivity index (χ1v) is 2.78. The highest BCUT2D eigenvalue weighted by Crippen LogP contribution is 2.05. The fourth-order valence-electron chi connectivity index (χ4n) is 0.577. The van der Waals surface area contributed by atoms with Crippen molar-refractivity contribution in [3.8, 4) is 0 Å². The van der Waals surface area contributed by atoms with Crippen LogP contribution in [-0.2, 0) is 14.3 Å². The number of esters is 1. The molecule has 0 amide bonds. The maximum Gasteiger partial charge on any atom is 0.332 e. The van der Waals surface area contributed by atoms with Gasteiger partial charge in [-0.3, -0.25) is 0 Å². The molecule has 0 radical (unpaired) electrons. The lowest BCUT2D eigenvalue weighted by atomic mass is 10.3. The molecule has 0 spiro atoms. The lowest BCUT2D eigenvalue weighted by molar-refractivity contribution is -0.208. The molecule has 1 saturated heterocycles. The topological polar surface area (TPSA) is 76.0 Å². The molecule has 5 nitrogen and oxygen atoms in total. The Labute approximate surface area is 57.2 Å². The van der Waals surface area contributed by atoms with Crippen LogP contribution in [0.1, 0.15) is 0 Å². The molecule has 0 aromatic rings. The summed E-state index contributed by atoms with van der Waals surface area (Å²) < 4.78 is 8.90. The molecule has 0 aromatic heterocycles. The summed E-state index contributed by atoms with van der Waals surface area (Å²) in [6.07, 6.45) is 0. The van der Waals surface area contributed by atoms with Crippen LogP contribution >= 0.6 is 0 Å². The van der Waals surface area contributed by atoms with Gasteiger partial charge in [0, 0.05) is 0 Å². The van der Waals surface area contributed by atoms with E-state index in [1.165, 1.54) is 0 Å². The molecule has 0 aliphatic carbocycles. The van der Waals surface area contributed by atoms with E-state index in [9.17, 15) is 4.79 Å². The predicted octanol–water partition coefficient (Wildman–Crippen LogP) is -1.76. The minimum absolute atomic E-state index is 0.219. The van der Waals surface area contributed by atoms with Gasteiger partial charge in [-0.25, -0.2) is 4.79 Å². The van der Waals surface area contributed by atoms with Crippen molar-refractivity contribution in [2.45, 2.75) is 5.79 Å².